The molecule has 1 aliphatic carbocycles. The Morgan fingerprint density at radius 1 is 1.07 bits per heavy atom. The molecule has 0 saturated carbocycles. The van der Waals surface area contributed by atoms with Crippen LogP contribution in [-0.2, 0) is 12.7 Å². The maximum Gasteiger partial charge on any atom is 0.417 e. The number of rotatable bonds is 4. The smallest absolute Gasteiger partial charge is 0.335 e. The molecule has 3 aliphatic rings. The van der Waals surface area contributed by atoms with Crippen molar-refractivity contribution in [3.8, 4) is 0 Å². The number of likely N-dealkylation sites (tertiary alicyclic amines) is 1. The second kappa shape index (κ2) is 10.2. The Morgan fingerprint density at radius 2 is 1.82 bits per heavy atom. The van der Waals surface area contributed by atoms with E-state index in [1.165, 1.54) is 12.1 Å². The minimum absolute atomic E-state index is 0.0231. The molecule has 7 nitrogen and oxygen atoms in total. The van der Waals surface area contributed by atoms with Crippen molar-refractivity contribution in [2.24, 2.45) is 16.6 Å². The number of allylic oxidation sites excluding steroid dienone is 4. The van der Waals surface area contributed by atoms with Gasteiger partial charge < -0.3 is 16.0 Å². The summed E-state index contributed by atoms with van der Waals surface area (Å²) >= 11 is 6.33. The average molecular weight is 565 g/mol. The van der Waals surface area contributed by atoms with E-state index in [1.54, 1.807) is 53.6 Å². The lowest BCUT2D eigenvalue weighted by molar-refractivity contribution is -0.137. The summed E-state index contributed by atoms with van der Waals surface area (Å²) < 4.78 is 41.7. The SMILES string of the molecule is NC1CN(C(=O)c2ccc(Nc3ncc4c(n3)C3C=CC(Cl)=CC3C(c3ccccc3C(F)(F)F)=NC4)cc2)C1. The van der Waals surface area contributed by atoms with Crippen molar-refractivity contribution in [2.45, 2.75) is 24.7 Å². The van der Waals surface area contributed by atoms with Crippen LogP contribution in [0.4, 0.5) is 24.8 Å². The van der Waals surface area contributed by atoms with Gasteiger partial charge in [0.2, 0.25) is 5.95 Å². The minimum Gasteiger partial charge on any atom is -0.335 e. The van der Waals surface area contributed by atoms with Gasteiger partial charge in [-0.15, -0.1) is 0 Å². The highest BCUT2D eigenvalue weighted by Gasteiger charge is 2.39. The molecule has 3 N–H and O–H groups in total. The second-order valence-corrected chi connectivity index (χ2v) is 10.4. The van der Waals surface area contributed by atoms with E-state index in [0.717, 1.165) is 6.07 Å². The first kappa shape index (κ1) is 26.2. The van der Waals surface area contributed by atoms with Crippen LogP contribution < -0.4 is 11.1 Å². The van der Waals surface area contributed by atoms with Gasteiger partial charge in [-0.1, -0.05) is 42.0 Å². The van der Waals surface area contributed by atoms with E-state index in [0.29, 0.717) is 52.3 Å². The molecule has 11 heteroatoms. The molecule has 1 saturated heterocycles. The molecule has 1 fully saturated rings. The summed E-state index contributed by atoms with van der Waals surface area (Å²) in [6.45, 7) is 1.22. The Morgan fingerprint density at radius 3 is 2.55 bits per heavy atom. The van der Waals surface area contributed by atoms with Crippen LogP contribution in [0, 0.1) is 5.92 Å². The number of fused-ring (bicyclic) bond motifs is 3. The molecular formula is C29H24ClF3N6O. The molecular weight excluding hydrogens is 541 g/mol. The lowest BCUT2D eigenvalue weighted by atomic mass is 9.79. The molecule has 2 aliphatic heterocycles. The standard InChI is InChI=1S/C29H24ClF3N6O/c30-18-7-10-21-23(11-18)26(22-3-1-2-4-24(22)29(31,32)33)35-12-17-13-36-28(38-25(17)21)37-20-8-5-16(6-9-20)27(40)39-14-19(34)15-39/h1-11,13,19,21,23H,12,14-15,34H2,(H,36,37,38). The number of nitrogens with one attached hydrogen (secondary N) is 1. The van der Waals surface area contributed by atoms with Crippen molar-refractivity contribution in [1.82, 2.24) is 14.9 Å². The van der Waals surface area contributed by atoms with Crippen molar-refractivity contribution >= 4 is 34.9 Å². The lowest BCUT2D eigenvalue weighted by Crippen LogP contribution is -2.57. The summed E-state index contributed by atoms with van der Waals surface area (Å²) in [6.07, 6.45) is 2.40. The number of alkyl halides is 3. The molecule has 204 valence electrons. The fraction of sp³-hybridized carbons (Fsp3) is 0.241. The molecule has 0 spiro atoms. The van der Waals surface area contributed by atoms with Crippen LogP contribution in [0.2, 0.25) is 0 Å². The van der Waals surface area contributed by atoms with E-state index in [2.05, 4.69) is 15.3 Å². The zero-order chi connectivity index (χ0) is 28.0. The van der Waals surface area contributed by atoms with Gasteiger partial charge in [-0.2, -0.15) is 13.2 Å². The van der Waals surface area contributed by atoms with Gasteiger partial charge in [0, 0.05) is 64.6 Å². The fourth-order valence-electron chi connectivity index (χ4n) is 5.23. The number of anilines is 2. The van der Waals surface area contributed by atoms with Crippen LogP contribution >= 0.6 is 11.6 Å². The van der Waals surface area contributed by atoms with Gasteiger partial charge in [0.15, 0.2) is 0 Å². The number of hydrogen-bond acceptors (Lipinski definition) is 6. The van der Waals surface area contributed by atoms with E-state index >= 15 is 0 Å². The van der Waals surface area contributed by atoms with Crippen molar-refractivity contribution < 1.29 is 18.0 Å². The summed E-state index contributed by atoms with van der Waals surface area (Å²) in [4.78, 5) is 28.0. The maximum atomic E-state index is 13.9. The topological polar surface area (TPSA) is 96.5 Å². The number of hydrogen-bond donors (Lipinski definition) is 2. The van der Waals surface area contributed by atoms with Crippen LogP contribution in [-0.4, -0.2) is 45.6 Å². The monoisotopic (exact) mass is 564 g/mol. The Labute approximate surface area is 233 Å². The molecule has 1 amide bonds. The maximum absolute atomic E-state index is 13.9. The van der Waals surface area contributed by atoms with E-state index < -0.39 is 23.6 Å². The highest BCUT2D eigenvalue weighted by Crippen LogP contribution is 2.41. The highest BCUT2D eigenvalue weighted by atomic mass is 35.5. The number of aliphatic imine (C=N–C) groups is 1. The van der Waals surface area contributed by atoms with Crippen LogP contribution in [0.25, 0.3) is 0 Å². The predicted octanol–water partition coefficient (Wildman–Crippen LogP) is 5.42. The van der Waals surface area contributed by atoms with Gasteiger partial charge in [-0.25, -0.2) is 9.97 Å². The third kappa shape index (κ3) is 5.00. The quantitative estimate of drug-likeness (QED) is 0.441. The lowest BCUT2D eigenvalue weighted by Gasteiger charge is -2.36. The number of halogens is 4. The predicted molar refractivity (Wildman–Crippen MR) is 147 cm³/mol. The van der Waals surface area contributed by atoms with Gasteiger partial charge >= 0.3 is 6.18 Å². The molecule has 6 rings (SSSR count). The van der Waals surface area contributed by atoms with Crippen LogP contribution in [0.15, 0.2) is 83.0 Å². The van der Waals surface area contributed by atoms with E-state index in [-0.39, 0.29) is 24.1 Å². The summed E-state index contributed by atoms with van der Waals surface area (Å²) in [5.41, 5.74) is 7.97. The average Bonchev–Trinajstić information content (AvgIpc) is 3.07. The fourth-order valence-corrected chi connectivity index (χ4v) is 5.44. The molecule has 3 heterocycles. The van der Waals surface area contributed by atoms with Crippen LogP contribution in [0.1, 0.15) is 38.7 Å². The molecule has 2 aromatic carbocycles. The van der Waals surface area contributed by atoms with Gasteiger partial charge in [0.1, 0.15) is 0 Å². The zero-order valence-corrected chi connectivity index (χ0v) is 21.8. The van der Waals surface area contributed by atoms with Crippen molar-refractivity contribution in [1.29, 1.82) is 0 Å². The first-order chi connectivity index (χ1) is 19.2. The summed E-state index contributed by atoms with van der Waals surface area (Å²) in [7, 11) is 0. The number of nitrogens with two attached hydrogens (primary N) is 1. The zero-order valence-electron chi connectivity index (χ0n) is 21.1. The van der Waals surface area contributed by atoms with Gasteiger partial charge in [0.05, 0.1) is 23.5 Å². The summed E-state index contributed by atoms with van der Waals surface area (Å²) in [6, 6.07) is 12.5. The first-order valence-corrected chi connectivity index (χ1v) is 13.1. The van der Waals surface area contributed by atoms with E-state index in [9.17, 15) is 18.0 Å². The normalized spacial score (nSPS) is 20.5. The molecule has 2 atom stereocenters. The van der Waals surface area contributed by atoms with Gasteiger partial charge in [-0.3, -0.25) is 9.79 Å². The first-order valence-electron chi connectivity index (χ1n) is 12.7. The summed E-state index contributed by atoms with van der Waals surface area (Å²) in [5, 5.41) is 3.58. The van der Waals surface area contributed by atoms with Crippen molar-refractivity contribution in [2.75, 3.05) is 18.4 Å². The number of nitrogens with zero attached hydrogens (tertiary/aromatic N) is 4. The van der Waals surface area contributed by atoms with Crippen LogP contribution in [0.3, 0.4) is 0 Å². The number of amides is 1. The Kier molecular flexibility index (Phi) is 6.67. The number of carbonyl (C=O) groups excluding carboxylic acids is 1. The number of benzene rings is 2. The van der Waals surface area contributed by atoms with E-state index in [1.807, 2.05) is 6.08 Å². The number of aromatic nitrogens is 2. The third-order valence-corrected chi connectivity index (χ3v) is 7.48. The Hall–Kier alpha value is -4.02. The van der Waals surface area contributed by atoms with E-state index in [4.69, 9.17) is 22.3 Å². The third-order valence-electron chi connectivity index (χ3n) is 7.23. The molecule has 3 aromatic rings. The molecule has 0 bridgehead atoms. The van der Waals surface area contributed by atoms with Gasteiger partial charge in [0.25, 0.3) is 5.91 Å². The molecule has 1 aromatic heterocycles. The van der Waals surface area contributed by atoms with Crippen molar-refractivity contribution in [3.63, 3.8) is 0 Å². The highest BCUT2D eigenvalue weighted by molar-refractivity contribution is 6.31. The second-order valence-electron chi connectivity index (χ2n) is 9.98. The van der Waals surface area contributed by atoms with Gasteiger partial charge in [-0.05, 0) is 36.4 Å². The Bertz CT molecular complexity index is 1560. The molecule has 2 unspecified atom stereocenters. The molecule has 0 radical (unpaired) electrons. The summed E-state index contributed by atoms with van der Waals surface area (Å²) in [5.74, 6) is -0.700. The number of carbonyl (C=O) groups is 1. The van der Waals surface area contributed by atoms with Crippen LogP contribution in [0.5, 0.6) is 0 Å². The Balaban J connectivity index is 1.29. The van der Waals surface area contributed by atoms with Crippen molar-refractivity contribution in [3.05, 3.63) is 106 Å². The minimum atomic E-state index is -4.54. The largest absolute Gasteiger partial charge is 0.417 e. The molecule has 40 heavy (non-hydrogen) atoms.